The minimum atomic E-state index is -0.0732. The normalized spacial score (nSPS) is 13.2. The lowest BCUT2D eigenvalue weighted by molar-refractivity contribution is -0.115. The van der Waals surface area contributed by atoms with Crippen LogP contribution < -0.4 is 15.6 Å². The molecule has 3 aromatic heterocycles. The molecule has 0 saturated carbocycles. The number of anilines is 2. The molecule has 7 heteroatoms. The molecule has 0 radical (unpaired) electrons. The minimum absolute atomic E-state index is 0.0148. The molecule has 6 aromatic rings. The van der Waals surface area contributed by atoms with Crippen molar-refractivity contribution in [3.05, 3.63) is 100 Å². The number of nitrogens with one attached hydrogen (secondary N) is 1. The summed E-state index contributed by atoms with van der Waals surface area (Å²) in [4.78, 5) is 32.5. The van der Waals surface area contributed by atoms with E-state index in [1.165, 1.54) is 6.42 Å². The van der Waals surface area contributed by atoms with E-state index in [4.69, 9.17) is 4.42 Å². The van der Waals surface area contributed by atoms with Gasteiger partial charge in [0.25, 0.3) is 0 Å². The van der Waals surface area contributed by atoms with Crippen LogP contribution in [0.2, 0.25) is 0 Å². The summed E-state index contributed by atoms with van der Waals surface area (Å²) in [6, 6.07) is 23.6. The Morgan fingerprint density at radius 2 is 1.67 bits per heavy atom. The van der Waals surface area contributed by atoms with E-state index in [1.54, 1.807) is 23.6 Å². The lowest BCUT2D eigenvalue weighted by Gasteiger charge is -2.27. The van der Waals surface area contributed by atoms with Gasteiger partial charge in [-0.2, -0.15) is 0 Å². The number of carbonyl (C=O) groups is 1. The van der Waals surface area contributed by atoms with Crippen molar-refractivity contribution in [2.24, 2.45) is 0 Å². The van der Waals surface area contributed by atoms with Gasteiger partial charge in [0.1, 0.15) is 5.58 Å². The van der Waals surface area contributed by atoms with Crippen LogP contribution in [0.15, 0.2) is 88.2 Å². The highest BCUT2D eigenvalue weighted by atomic mass is 32.1. The van der Waals surface area contributed by atoms with E-state index in [2.05, 4.69) is 33.4 Å². The molecule has 4 heterocycles. The predicted octanol–water partition coefficient (Wildman–Crippen LogP) is 8.73. The number of thiophene rings is 1. The van der Waals surface area contributed by atoms with Crippen molar-refractivity contribution in [1.82, 2.24) is 4.98 Å². The van der Waals surface area contributed by atoms with Crippen molar-refractivity contribution < 1.29 is 9.21 Å². The topological polar surface area (TPSA) is 75.4 Å². The van der Waals surface area contributed by atoms with Crippen LogP contribution in [0.3, 0.4) is 0 Å². The molecule has 6 nitrogen and oxygen atoms in total. The first-order valence-electron chi connectivity index (χ1n) is 15.0. The maximum Gasteiger partial charge on any atom is 0.228 e. The molecule has 0 atom stereocenters. The quantitative estimate of drug-likeness (QED) is 0.218. The van der Waals surface area contributed by atoms with Crippen molar-refractivity contribution in [1.29, 1.82) is 0 Å². The first-order valence-corrected chi connectivity index (χ1v) is 15.8. The summed E-state index contributed by atoms with van der Waals surface area (Å²) < 4.78 is 8.74. The Balaban J connectivity index is 0.00000161. The van der Waals surface area contributed by atoms with E-state index in [-0.39, 0.29) is 17.8 Å². The van der Waals surface area contributed by atoms with Gasteiger partial charge in [0.15, 0.2) is 11.3 Å². The van der Waals surface area contributed by atoms with E-state index in [9.17, 15) is 9.59 Å². The molecule has 0 unspecified atom stereocenters. The largest absolute Gasteiger partial charge is 0.440 e. The Morgan fingerprint density at radius 3 is 2.47 bits per heavy atom. The molecule has 218 valence electrons. The number of amides is 1. The maximum absolute atomic E-state index is 13.2. The van der Waals surface area contributed by atoms with Crippen LogP contribution in [0.25, 0.3) is 42.3 Å². The van der Waals surface area contributed by atoms with Gasteiger partial charge in [0.2, 0.25) is 5.91 Å². The van der Waals surface area contributed by atoms with Crippen LogP contribution in [0.1, 0.15) is 44.4 Å². The Morgan fingerprint density at radius 1 is 0.907 bits per heavy atom. The van der Waals surface area contributed by atoms with Crippen molar-refractivity contribution >= 4 is 60.0 Å². The van der Waals surface area contributed by atoms with Crippen LogP contribution in [-0.4, -0.2) is 24.0 Å². The first kappa shape index (κ1) is 28.6. The zero-order valence-electron chi connectivity index (χ0n) is 24.8. The second kappa shape index (κ2) is 12.4. The van der Waals surface area contributed by atoms with Gasteiger partial charge in [-0.1, -0.05) is 50.2 Å². The molecule has 1 aliphatic heterocycles. The molecule has 3 aromatic carbocycles. The van der Waals surface area contributed by atoms with E-state index < -0.39 is 0 Å². The Hall–Kier alpha value is -4.49. The number of hydrogen-bond acceptors (Lipinski definition) is 6. The van der Waals surface area contributed by atoms with Gasteiger partial charge in [0, 0.05) is 68.0 Å². The second-order valence-electron chi connectivity index (χ2n) is 10.6. The molecule has 0 aliphatic carbocycles. The molecule has 1 aliphatic rings. The van der Waals surface area contributed by atoms with Gasteiger partial charge >= 0.3 is 0 Å². The number of fused-ring (bicyclic) bond motifs is 4. The van der Waals surface area contributed by atoms with Crippen LogP contribution in [0.5, 0.6) is 0 Å². The zero-order valence-corrected chi connectivity index (χ0v) is 25.6. The summed E-state index contributed by atoms with van der Waals surface area (Å²) in [6.45, 7) is 7.73. The summed E-state index contributed by atoms with van der Waals surface area (Å²) in [7, 11) is 0. The number of aryl methyl sites for hydroxylation is 1. The summed E-state index contributed by atoms with van der Waals surface area (Å²) in [6.07, 6.45) is 5.44. The molecule has 43 heavy (non-hydrogen) atoms. The monoisotopic (exact) mass is 589 g/mol. The standard InChI is InChI=1S/C34H29N3O3S.C2H6/c1-21-22(8-7-15-35-21)18-31(39)36-23-13-14-30-28(19-23)26-11-6-10-25(34(26)41-30)24-9-5-12-27-29(38)20-32(40-33(24)27)37-16-3-2-4-17-37;1-2/h5-15,19-20H,2-4,16-18H2,1H3,(H,36,39);1-2H3. The third-order valence-electron chi connectivity index (χ3n) is 7.95. The number of benzene rings is 3. The van der Waals surface area contributed by atoms with Gasteiger partial charge in [-0.3, -0.25) is 14.6 Å². The number of piperidine rings is 1. The fourth-order valence-corrected chi connectivity index (χ4v) is 7.03. The molecule has 1 N–H and O–H groups in total. The molecule has 7 rings (SSSR count). The highest BCUT2D eigenvalue weighted by molar-refractivity contribution is 7.26. The molecule has 1 fully saturated rings. The summed E-state index contributed by atoms with van der Waals surface area (Å²) in [5, 5.41) is 5.84. The number of aromatic nitrogens is 1. The van der Waals surface area contributed by atoms with Crippen molar-refractivity contribution in [2.45, 2.75) is 46.5 Å². The van der Waals surface area contributed by atoms with Crippen LogP contribution in [0.4, 0.5) is 11.6 Å². The summed E-state index contributed by atoms with van der Waals surface area (Å²) in [5.41, 5.74) is 5.10. The first-order chi connectivity index (χ1) is 21.0. The smallest absolute Gasteiger partial charge is 0.228 e. The Bertz CT molecular complexity index is 2000. The number of carbonyl (C=O) groups excluding carboxylic acids is 1. The van der Waals surface area contributed by atoms with E-state index in [1.807, 2.05) is 69.3 Å². The highest BCUT2D eigenvalue weighted by Gasteiger charge is 2.19. The number of pyridine rings is 1. The van der Waals surface area contributed by atoms with E-state index in [0.717, 1.165) is 74.2 Å². The minimum Gasteiger partial charge on any atom is -0.440 e. The predicted molar refractivity (Wildman–Crippen MR) is 180 cm³/mol. The average molecular weight is 590 g/mol. The van der Waals surface area contributed by atoms with Crippen molar-refractivity contribution in [2.75, 3.05) is 23.3 Å². The van der Waals surface area contributed by atoms with E-state index >= 15 is 0 Å². The fraction of sp³-hybridized carbons (Fsp3) is 0.250. The molecule has 0 spiro atoms. The highest BCUT2D eigenvalue weighted by Crippen LogP contribution is 2.42. The fourth-order valence-electron chi connectivity index (χ4n) is 5.82. The van der Waals surface area contributed by atoms with Crippen molar-refractivity contribution in [3.8, 4) is 11.1 Å². The number of nitrogens with zero attached hydrogens (tertiary/aromatic N) is 2. The zero-order chi connectivity index (χ0) is 29.9. The number of para-hydroxylation sites is 1. The van der Waals surface area contributed by atoms with Gasteiger partial charge in [0.05, 0.1) is 11.8 Å². The van der Waals surface area contributed by atoms with Crippen molar-refractivity contribution in [3.63, 3.8) is 0 Å². The third-order valence-corrected chi connectivity index (χ3v) is 9.17. The Labute approximate surface area is 255 Å². The van der Waals surface area contributed by atoms with Gasteiger partial charge < -0.3 is 14.6 Å². The van der Waals surface area contributed by atoms with Gasteiger partial charge in [-0.15, -0.1) is 11.3 Å². The average Bonchev–Trinajstić information content (AvgIpc) is 3.41. The Kier molecular flexibility index (Phi) is 8.25. The van der Waals surface area contributed by atoms with Gasteiger partial charge in [-0.25, -0.2) is 0 Å². The molecular formula is C36H35N3O3S. The molecule has 1 amide bonds. The number of hydrogen-bond donors (Lipinski definition) is 1. The second-order valence-corrected chi connectivity index (χ2v) is 11.7. The summed E-state index contributed by atoms with van der Waals surface area (Å²) in [5.74, 6) is 0.580. The summed E-state index contributed by atoms with van der Waals surface area (Å²) >= 11 is 1.71. The molecule has 0 bridgehead atoms. The lowest BCUT2D eigenvalue weighted by Crippen LogP contribution is -2.30. The van der Waals surface area contributed by atoms with Gasteiger partial charge in [-0.05, 0) is 62.1 Å². The van der Waals surface area contributed by atoms with Crippen LogP contribution in [-0.2, 0) is 11.2 Å². The number of rotatable bonds is 5. The van der Waals surface area contributed by atoms with E-state index in [0.29, 0.717) is 16.9 Å². The SMILES string of the molecule is CC.Cc1ncccc1CC(=O)Nc1ccc2sc3c(-c4cccc5c(=O)cc(N6CCCCC6)oc45)cccc3c2c1. The molecule has 1 saturated heterocycles. The molecular weight excluding hydrogens is 554 g/mol. The lowest BCUT2D eigenvalue weighted by atomic mass is 10.0. The maximum atomic E-state index is 13.2. The van der Waals surface area contributed by atoms with Crippen LogP contribution >= 0.6 is 11.3 Å². The van der Waals surface area contributed by atoms with Crippen LogP contribution in [0, 0.1) is 6.92 Å². The third kappa shape index (κ3) is 5.65.